The lowest BCUT2D eigenvalue weighted by atomic mass is 10.0. The second kappa shape index (κ2) is 50.3. The number of nitrogens with two attached hydrogens (primary N) is 1. The Balaban J connectivity index is 4.26. The Labute approximate surface area is 389 Å². The Kier molecular flexibility index (Phi) is 48.2. The minimum atomic E-state index is -1.01. The number of unbranched alkanes of at least 4 members (excludes halogenated alkanes) is 27. The van der Waals surface area contributed by atoms with E-state index in [1.165, 1.54) is 128 Å². The molecule has 63 heavy (non-hydrogen) atoms. The predicted octanol–water partition coefficient (Wildman–Crippen LogP) is 16.3. The van der Waals surface area contributed by atoms with Gasteiger partial charge in [0.05, 0.1) is 0 Å². The van der Waals surface area contributed by atoms with Crippen molar-refractivity contribution in [1.29, 1.82) is 0 Å². The number of aliphatic carboxylic acids is 1. The van der Waals surface area contributed by atoms with Gasteiger partial charge in [0.1, 0.15) is 12.1 Å². The van der Waals surface area contributed by atoms with Crippen molar-refractivity contribution in [2.24, 2.45) is 5.73 Å². The summed E-state index contributed by atoms with van der Waals surface area (Å²) in [6.07, 6.45) is 63.3. The molecule has 0 fully saturated rings. The number of allylic oxidation sites excluding steroid dienone is 8. The Morgan fingerprint density at radius 2 is 0.873 bits per heavy atom. The fourth-order valence-electron chi connectivity index (χ4n) is 8.15. The highest BCUT2D eigenvalue weighted by Crippen LogP contribution is 2.19. The number of hydrogen-bond acceptors (Lipinski definition) is 5. The average molecular weight is 883 g/mol. The van der Waals surface area contributed by atoms with Gasteiger partial charge in [0.2, 0.25) is 5.91 Å². The first-order valence-corrected chi connectivity index (χ1v) is 27.0. The van der Waals surface area contributed by atoms with Gasteiger partial charge in [-0.2, -0.15) is 0 Å². The van der Waals surface area contributed by atoms with Crippen LogP contribution in [-0.4, -0.2) is 41.6 Å². The lowest BCUT2D eigenvalue weighted by Crippen LogP contribution is -2.40. The zero-order chi connectivity index (χ0) is 45.9. The molecule has 2 atom stereocenters. The molecule has 7 nitrogen and oxygen atoms in total. The first-order valence-electron chi connectivity index (χ1n) is 27.0. The quantitative estimate of drug-likeness (QED) is 0.0318. The van der Waals surface area contributed by atoms with Crippen LogP contribution in [0.25, 0.3) is 0 Å². The van der Waals surface area contributed by atoms with E-state index in [1.54, 1.807) is 0 Å². The molecule has 0 saturated heterocycles. The van der Waals surface area contributed by atoms with Gasteiger partial charge >= 0.3 is 11.9 Å². The largest absolute Gasteiger partial charge is 0.480 e. The summed E-state index contributed by atoms with van der Waals surface area (Å²) in [6.45, 7) is 4.86. The first-order chi connectivity index (χ1) is 30.9. The number of esters is 1. The number of ether oxygens (including phenoxy) is 1. The van der Waals surface area contributed by atoms with Crippen LogP contribution >= 0.6 is 0 Å². The molecule has 0 spiro atoms. The number of carbonyl (C=O) groups excluding carboxylic acids is 2. The fraction of sp³-hybridized carbons (Fsp3) is 0.804. The molecular weight excluding hydrogens is 781 g/mol. The Bertz CT molecular complexity index is 1130. The van der Waals surface area contributed by atoms with Gasteiger partial charge in [-0.05, 0) is 96.4 Å². The number of rotatable bonds is 49. The molecule has 0 aliphatic carbocycles. The monoisotopic (exact) mass is 883 g/mol. The normalized spacial score (nSPS) is 12.9. The number of carbonyl (C=O) groups is 3. The SMILES string of the molecule is CC/C=C\C/C=C\C/C=C\C/C=C\CCCCC(CCCCCCCC(=O)NC(CCCN)C(=O)O)OC(=O)CCCCCCCCCCCCCCCCCCCCCCCC. The molecule has 0 saturated carbocycles. The van der Waals surface area contributed by atoms with Crippen molar-refractivity contribution < 1.29 is 24.2 Å². The van der Waals surface area contributed by atoms with E-state index in [1.807, 2.05) is 0 Å². The van der Waals surface area contributed by atoms with Crippen molar-refractivity contribution in [3.63, 3.8) is 0 Å². The first kappa shape index (κ1) is 60.3. The highest BCUT2D eigenvalue weighted by atomic mass is 16.5. The number of carboxylic acids is 1. The van der Waals surface area contributed by atoms with Gasteiger partial charge in [0.25, 0.3) is 0 Å². The van der Waals surface area contributed by atoms with Gasteiger partial charge in [-0.15, -0.1) is 0 Å². The molecule has 4 N–H and O–H groups in total. The van der Waals surface area contributed by atoms with Crippen LogP contribution in [0.3, 0.4) is 0 Å². The summed E-state index contributed by atoms with van der Waals surface area (Å²) in [6, 6.07) is -0.863. The zero-order valence-corrected chi connectivity index (χ0v) is 41.4. The number of carboxylic acid groups (broad SMARTS) is 1. The summed E-state index contributed by atoms with van der Waals surface area (Å²) in [5.41, 5.74) is 5.50. The third-order valence-corrected chi connectivity index (χ3v) is 12.2. The minimum Gasteiger partial charge on any atom is -0.480 e. The van der Waals surface area contributed by atoms with Crippen LogP contribution in [0.4, 0.5) is 0 Å². The maximum absolute atomic E-state index is 12.9. The average Bonchev–Trinajstić information content (AvgIpc) is 3.27. The number of amides is 1. The summed E-state index contributed by atoms with van der Waals surface area (Å²) in [5, 5.41) is 12.0. The minimum absolute atomic E-state index is 0.0260. The maximum Gasteiger partial charge on any atom is 0.326 e. The summed E-state index contributed by atoms with van der Waals surface area (Å²) < 4.78 is 6.08. The highest BCUT2D eigenvalue weighted by molar-refractivity contribution is 5.83. The van der Waals surface area contributed by atoms with E-state index < -0.39 is 12.0 Å². The third-order valence-electron chi connectivity index (χ3n) is 12.2. The third kappa shape index (κ3) is 47.1. The van der Waals surface area contributed by atoms with Crippen LogP contribution in [0.5, 0.6) is 0 Å². The summed E-state index contributed by atoms with van der Waals surface area (Å²) in [5.74, 6) is -1.25. The number of hydrogen-bond donors (Lipinski definition) is 3. The lowest BCUT2D eigenvalue weighted by molar-refractivity contribution is -0.150. The molecule has 2 unspecified atom stereocenters. The van der Waals surface area contributed by atoms with Crippen LogP contribution in [0, 0.1) is 0 Å². The van der Waals surface area contributed by atoms with Gasteiger partial charge in [0, 0.05) is 12.8 Å². The van der Waals surface area contributed by atoms with Crippen molar-refractivity contribution in [1.82, 2.24) is 5.32 Å². The fourth-order valence-corrected chi connectivity index (χ4v) is 8.15. The van der Waals surface area contributed by atoms with Crippen LogP contribution < -0.4 is 11.1 Å². The van der Waals surface area contributed by atoms with Crippen LogP contribution in [0.15, 0.2) is 48.6 Å². The predicted molar refractivity (Wildman–Crippen MR) is 271 cm³/mol. The van der Waals surface area contributed by atoms with E-state index in [0.29, 0.717) is 32.2 Å². The Hall–Kier alpha value is -2.67. The van der Waals surface area contributed by atoms with Gasteiger partial charge < -0.3 is 20.9 Å². The lowest BCUT2D eigenvalue weighted by Gasteiger charge is -2.18. The van der Waals surface area contributed by atoms with E-state index in [2.05, 4.69) is 67.8 Å². The molecule has 0 aliphatic heterocycles. The molecular formula is C56H102N2O5. The smallest absolute Gasteiger partial charge is 0.326 e. The summed E-state index contributed by atoms with van der Waals surface area (Å²) in [4.78, 5) is 36.6. The molecule has 0 heterocycles. The van der Waals surface area contributed by atoms with Crippen molar-refractivity contribution >= 4 is 17.8 Å². The van der Waals surface area contributed by atoms with Gasteiger partial charge in [-0.25, -0.2) is 4.79 Å². The second-order valence-corrected chi connectivity index (χ2v) is 18.3. The molecule has 0 aliphatic rings. The van der Waals surface area contributed by atoms with Crippen molar-refractivity contribution in [2.45, 2.75) is 283 Å². The summed E-state index contributed by atoms with van der Waals surface area (Å²) in [7, 11) is 0. The van der Waals surface area contributed by atoms with E-state index in [-0.39, 0.29) is 18.0 Å². The molecule has 0 aromatic heterocycles. The number of nitrogens with one attached hydrogen (secondary N) is 1. The van der Waals surface area contributed by atoms with Crippen LogP contribution in [-0.2, 0) is 19.1 Å². The Morgan fingerprint density at radius 1 is 0.476 bits per heavy atom. The molecule has 366 valence electrons. The molecule has 0 radical (unpaired) electrons. The van der Waals surface area contributed by atoms with Gasteiger partial charge in [0.15, 0.2) is 0 Å². The maximum atomic E-state index is 12.9. The van der Waals surface area contributed by atoms with Gasteiger partial charge in [-0.3, -0.25) is 9.59 Å². The molecule has 0 rings (SSSR count). The molecule has 0 aromatic rings. The molecule has 7 heteroatoms. The second-order valence-electron chi connectivity index (χ2n) is 18.3. The van der Waals surface area contributed by atoms with Crippen LogP contribution in [0.1, 0.15) is 271 Å². The van der Waals surface area contributed by atoms with E-state index in [0.717, 1.165) is 103 Å². The van der Waals surface area contributed by atoms with E-state index >= 15 is 0 Å². The Morgan fingerprint density at radius 3 is 1.32 bits per heavy atom. The highest BCUT2D eigenvalue weighted by Gasteiger charge is 2.19. The summed E-state index contributed by atoms with van der Waals surface area (Å²) >= 11 is 0. The molecule has 0 aromatic carbocycles. The standard InChI is InChI=1S/C56H102N2O5/c1-3-5-7-9-11-13-15-17-19-20-21-22-23-24-25-27-29-31-33-35-40-44-50-55(60)63-52(46-41-37-34-32-30-28-26-18-16-14-12-10-8-6-4-2)47-42-38-36-39-43-49-54(59)58-53(56(61)62)48-45-51-57/h6,8,12,14,18,26,30,32,52-53H,3-5,7,9-11,13,15-17,19-25,27-29,31,33-51,57H2,1-2H3,(H,58,59)(H,61,62)/b8-6-,14-12-,26-18-,32-30-. The van der Waals surface area contributed by atoms with Crippen LogP contribution in [0.2, 0.25) is 0 Å². The van der Waals surface area contributed by atoms with Crippen molar-refractivity contribution in [3.8, 4) is 0 Å². The van der Waals surface area contributed by atoms with E-state index in [9.17, 15) is 19.5 Å². The topological polar surface area (TPSA) is 119 Å². The van der Waals surface area contributed by atoms with Crippen molar-refractivity contribution in [2.75, 3.05) is 6.54 Å². The van der Waals surface area contributed by atoms with Crippen molar-refractivity contribution in [3.05, 3.63) is 48.6 Å². The molecule has 0 bridgehead atoms. The van der Waals surface area contributed by atoms with E-state index in [4.69, 9.17) is 10.5 Å². The zero-order valence-electron chi connectivity index (χ0n) is 41.4. The van der Waals surface area contributed by atoms with Gasteiger partial charge in [-0.1, -0.05) is 217 Å². The molecule has 1 amide bonds.